The summed E-state index contributed by atoms with van der Waals surface area (Å²) in [4.78, 5) is 14.6. The van der Waals surface area contributed by atoms with Crippen molar-refractivity contribution in [3.63, 3.8) is 0 Å². The van der Waals surface area contributed by atoms with Gasteiger partial charge in [0.1, 0.15) is 5.82 Å². The van der Waals surface area contributed by atoms with Crippen LogP contribution in [0.15, 0.2) is 48.5 Å². The van der Waals surface area contributed by atoms with E-state index in [4.69, 9.17) is 0 Å². The van der Waals surface area contributed by atoms with Gasteiger partial charge >= 0.3 is 0 Å². The highest BCUT2D eigenvalue weighted by Crippen LogP contribution is 2.18. The molecule has 0 spiro atoms. The smallest absolute Gasteiger partial charge is 0.251 e. The average Bonchev–Trinajstić information content (AvgIpc) is 2.61. The lowest BCUT2D eigenvalue weighted by atomic mass is 9.98. The number of nitrogens with one attached hydrogen (secondary N) is 1. The number of rotatable bonds is 8. The molecule has 0 saturated heterocycles. The molecule has 27 heavy (non-hydrogen) atoms. The number of amides is 1. The van der Waals surface area contributed by atoms with Crippen molar-refractivity contribution in [3.8, 4) is 0 Å². The van der Waals surface area contributed by atoms with Crippen LogP contribution >= 0.6 is 0 Å². The summed E-state index contributed by atoms with van der Waals surface area (Å²) < 4.78 is 13.2. The van der Waals surface area contributed by atoms with Gasteiger partial charge in [0.25, 0.3) is 5.91 Å². The second-order valence-corrected chi connectivity index (χ2v) is 7.75. The SMILES string of the molecule is CN(C)[C@@H](CNC(=O)c1cccc(CCC(C)(C)O)c1)c1ccc(F)cc1. The maximum absolute atomic E-state index is 13.2. The summed E-state index contributed by atoms with van der Waals surface area (Å²) in [5, 5.41) is 12.8. The van der Waals surface area contributed by atoms with E-state index in [1.807, 2.05) is 37.2 Å². The number of likely N-dealkylation sites (N-methyl/N-ethyl adjacent to an activating group) is 1. The highest BCUT2D eigenvalue weighted by Gasteiger charge is 2.17. The minimum absolute atomic E-state index is 0.0482. The molecule has 0 aliphatic carbocycles. The van der Waals surface area contributed by atoms with Gasteiger partial charge in [0.05, 0.1) is 11.6 Å². The number of nitrogens with zero attached hydrogens (tertiary/aromatic N) is 1. The van der Waals surface area contributed by atoms with E-state index >= 15 is 0 Å². The summed E-state index contributed by atoms with van der Waals surface area (Å²) in [5.74, 6) is -0.419. The first-order valence-electron chi connectivity index (χ1n) is 9.17. The molecule has 0 unspecified atom stereocenters. The Hall–Kier alpha value is -2.24. The molecule has 2 N–H and O–H groups in total. The van der Waals surface area contributed by atoms with Crippen LogP contribution in [0, 0.1) is 5.82 Å². The third-order valence-electron chi connectivity index (χ3n) is 4.55. The van der Waals surface area contributed by atoms with Crippen LogP contribution in [0.2, 0.25) is 0 Å². The van der Waals surface area contributed by atoms with Crippen LogP contribution in [0.25, 0.3) is 0 Å². The first-order valence-corrected chi connectivity index (χ1v) is 9.17. The second-order valence-electron chi connectivity index (χ2n) is 7.75. The van der Waals surface area contributed by atoms with Crippen LogP contribution in [0.1, 0.15) is 47.8 Å². The Balaban J connectivity index is 2.02. The average molecular weight is 372 g/mol. The largest absolute Gasteiger partial charge is 0.390 e. The summed E-state index contributed by atoms with van der Waals surface area (Å²) >= 11 is 0. The van der Waals surface area contributed by atoms with Crippen molar-refractivity contribution in [1.82, 2.24) is 10.2 Å². The fourth-order valence-corrected chi connectivity index (χ4v) is 2.89. The first-order chi connectivity index (χ1) is 12.7. The molecule has 0 aliphatic rings. The van der Waals surface area contributed by atoms with E-state index in [9.17, 15) is 14.3 Å². The number of carbonyl (C=O) groups is 1. The minimum Gasteiger partial charge on any atom is -0.390 e. The molecule has 0 saturated carbocycles. The molecule has 2 aromatic carbocycles. The maximum Gasteiger partial charge on any atom is 0.251 e. The Morgan fingerprint density at radius 2 is 1.85 bits per heavy atom. The van der Waals surface area contributed by atoms with Crippen LogP contribution in [0.3, 0.4) is 0 Å². The summed E-state index contributed by atoms with van der Waals surface area (Å²) in [7, 11) is 3.86. The molecule has 0 aliphatic heterocycles. The molecule has 2 rings (SSSR count). The number of benzene rings is 2. The predicted molar refractivity (Wildman–Crippen MR) is 106 cm³/mol. The summed E-state index contributed by atoms with van der Waals surface area (Å²) in [6, 6.07) is 13.8. The monoisotopic (exact) mass is 372 g/mol. The molecule has 1 amide bonds. The minimum atomic E-state index is -0.730. The lowest BCUT2D eigenvalue weighted by Crippen LogP contribution is -2.34. The number of aliphatic hydroxyl groups is 1. The summed E-state index contributed by atoms with van der Waals surface area (Å²) in [6.45, 7) is 3.98. The van der Waals surface area contributed by atoms with E-state index in [-0.39, 0.29) is 17.8 Å². The molecule has 5 heteroatoms. The van der Waals surface area contributed by atoms with E-state index in [0.717, 1.165) is 11.1 Å². The van der Waals surface area contributed by atoms with Crippen molar-refractivity contribution in [3.05, 3.63) is 71.0 Å². The number of halogens is 1. The van der Waals surface area contributed by atoms with Crippen LogP contribution in [0.5, 0.6) is 0 Å². The Kier molecular flexibility index (Phi) is 7.11. The molecule has 1 atom stereocenters. The zero-order chi connectivity index (χ0) is 20.0. The van der Waals surface area contributed by atoms with Gasteiger partial charge in [-0.3, -0.25) is 4.79 Å². The van der Waals surface area contributed by atoms with Crippen molar-refractivity contribution in [2.45, 2.75) is 38.3 Å². The van der Waals surface area contributed by atoms with Gasteiger partial charge in [-0.25, -0.2) is 4.39 Å². The van der Waals surface area contributed by atoms with Gasteiger partial charge in [0.15, 0.2) is 0 Å². The Bertz CT molecular complexity index is 752. The topological polar surface area (TPSA) is 52.6 Å². The molecule has 2 aromatic rings. The van der Waals surface area contributed by atoms with E-state index < -0.39 is 5.60 Å². The van der Waals surface area contributed by atoms with Gasteiger partial charge in [-0.2, -0.15) is 0 Å². The molecule has 4 nitrogen and oxygen atoms in total. The van der Waals surface area contributed by atoms with Crippen LogP contribution in [-0.2, 0) is 6.42 Å². The van der Waals surface area contributed by atoms with E-state index in [1.54, 1.807) is 32.0 Å². The first kappa shape index (κ1) is 21.1. The maximum atomic E-state index is 13.2. The van der Waals surface area contributed by atoms with Crippen LogP contribution in [-0.4, -0.2) is 42.2 Å². The quantitative estimate of drug-likeness (QED) is 0.745. The Morgan fingerprint density at radius 1 is 1.19 bits per heavy atom. The fourth-order valence-electron chi connectivity index (χ4n) is 2.89. The van der Waals surface area contributed by atoms with Crippen molar-refractivity contribution in [1.29, 1.82) is 0 Å². The van der Waals surface area contributed by atoms with E-state index in [2.05, 4.69) is 5.32 Å². The van der Waals surface area contributed by atoms with Gasteiger partial charge in [-0.15, -0.1) is 0 Å². The molecule has 146 valence electrons. The van der Waals surface area contributed by atoms with Gasteiger partial charge in [-0.1, -0.05) is 24.3 Å². The van der Waals surface area contributed by atoms with E-state index in [0.29, 0.717) is 24.9 Å². The number of aryl methyl sites for hydroxylation is 1. The van der Waals surface area contributed by atoms with Gasteiger partial charge in [0.2, 0.25) is 0 Å². The summed E-state index contributed by atoms with van der Waals surface area (Å²) in [6.07, 6.45) is 1.34. The highest BCUT2D eigenvalue weighted by molar-refractivity contribution is 5.94. The van der Waals surface area contributed by atoms with Crippen molar-refractivity contribution in [2.24, 2.45) is 0 Å². The Labute approximate surface area is 161 Å². The second kappa shape index (κ2) is 9.11. The normalized spacial score (nSPS) is 12.9. The van der Waals surface area contributed by atoms with E-state index in [1.165, 1.54) is 12.1 Å². The van der Waals surface area contributed by atoms with Crippen molar-refractivity contribution >= 4 is 5.91 Å². The Morgan fingerprint density at radius 3 is 2.44 bits per heavy atom. The third kappa shape index (κ3) is 6.77. The van der Waals surface area contributed by atoms with Crippen molar-refractivity contribution < 1.29 is 14.3 Å². The fraction of sp³-hybridized carbons (Fsp3) is 0.409. The molecular formula is C22H29FN2O2. The van der Waals surface area contributed by atoms with Gasteiger partial charge in [0, 0.05) is 12.1 Å². The standard InChI is InChI=1S/C22H29FN2O2/c1-22(2,27)13-12-16-6-5-7-18(14-16)21(26)24-15-20(25(3)4)17-8-10-19(23)11-9-17/h5-11,14,20,27H,12-13,15H2,1-4H3,(H,24,26)/t20-/m0/s1. The molecular weight excluding hydrogens is 343 g/mol. The zero-order valence-corrected chi connectivity index (χ0v) is 16.5. The lowest BCUT2D eigenvalue weighted by Gasteiger charge is -2.25. The number of carbonyl (C=O) groups excluding carboxylic acids is 1. The van der Waals surface area contributed by atoms with Crippen LogP contribution in [0.4, 0.5) is 4.39 Å². The van der Waals surface area contributed by atoms with Gasteiger partial charge < -0.3 is 15.3 Å². The molecule has 0 radical (unpaired) electrons. The number of hydrogen-bond donors (Lipinski definition) is 2. The zero-order valence-electron chi connectivity index (χ0n) is 16.5. The van der Waals surface area contributed by atoms with Gasteiger partial charge in [-0.05, 0) is 76.2 Å². The lowest BCUT2D eigenvalue weighted by molar-refractivity contribution is 0.0714. The highest BCUT2D eigenvalue weighted by atomic mass is 19.1. The molecule has 0 bridgehead atoms. The third-order valence-corrected chi connectivity index (χ3v) is 4.55. The molecule has 0 heterocycles. The molecule has 0 fully saturated rings. The van der Waals surface area contributed by atoms with Crippen LogP contribution < -0.4 is 5.32 Å². The number of hydrogen-bond acceptors (Lipinski definition) is 3. The molecule has 0 aromatic heterocycles. The predicted octanol–water partition coefficient (Wildman–Crippen LogP) is 3.56. The van der Waals surface area contributed by atoms with Crippen molar-refractivity contribution in [2.75, 3.05) is 20.6 Å². The summed E-state index contributed by atoms with van der Waals surface area (Å²) in [5.41, 5.74) is 1.83.